The van der Waals surface area contributed by atoms with Crippen LogP contribution in [0.25, 0.3) is 0 Å². The molecular formula is C9H10ClFO3S. The van der Waals surface area contributed by atoms with Gasteiger partial charge in [-0.1, -0.05) is 6.07 Å². The van der Waals surface area contributed by atoms with Crippen LogP contribution in [0.4, 0.5) is 4.39 Å². The molecule has 1 rings (SSSR count). The lowest BCUT2D eigenvalue weighted by Gasteiger charge is -2.10. The van der Waals surface area contributed by atoms with Crippen LogP contribution >= 0.6 is 10.7 Å². The number of hydrogen-bond acceptors (Lipinski definition) is 3. The highest BCUT2D eigenvalue weighted by atomic mass is 35.7. The van der Waals surface area contributed by atoms with E-state index < -0.39 is 14.9 Å². The molecule has 84 valence electrons. The lowest BCUT2D eigenvalue weighted by molar-refractivity contribution is 0.403. The van der Waals surface area contributed by atoms with Gasteiger partial charge in [-0.25, -0.2) is 12.8 Å². The molecule has 0 saturated heterocycles. The van der Waals surface area contributed by atoms with Crippen molar-refractivity contribution in [2.75, 3.05) is 7.11 Å². The second kappa shape index (κ2) is 4.37. The minimum Gasteiger partial charge on any atom is -0.496 e. The summed E-state index contributed by atoms with van der Waals surface area (Å²) in [6, 6.07) is 2.54. The molecule has 0 heterocycles. The van der Waals surface area contributed by atoms with Crippen molar-refractivity contribution in [2.45, 2.75) is 12.7 Å². The summed E-state index contributed by atoms with van der Waals surface area (Å²) in [5.74, 6) is -0.597. The molecule has 0 aliphatic carbocycles. The summed E-state index contributed by atoms with van der Waals surface area (Å²) in [6.07, 6.45) is 0. The van der Waals surface area contributed by atoms with E-state index in [2.05, 4.69) is 0 Å². The molecule has 0 spiro atoms. The van der Waals surface area contributed by atoms with Gasteiger partial charge in [0.05, 0.1) is 12.9 Å². The van der Waals surface area contributed by atoms with E-state index in [0.717, 1.165) is 0 Å². The highest BCUT2D eigenvalue weighted by molar-refractivity contribution is 8.13. The second-order valence-electron chi connectivity index (χ2n) is 3.05. The predicted molar refractivity (Wildman–Crippen MR) is 56.2 cm³/mol. The van der Waals surface area contributed by atoms with Crippen molar-refractivity contribution in [3.8, 4) is 5.75 Å². The van der Waals surface area contributed by atoms with Gasteiger partial charge in [-0.05, 0) is 13.0 Å². The van der Waals surface area contributed by atoms with E-state index in [0.29, 0.717) is 5.56 Å². The van der Waals surface area contributed by atoms with E-state index in [-0.39, 0.29) is 17.1 Å². The van der Waals surface area contributed by atoms with Gasteiger partial charge in [-0.15, -0.1) is 0 Å². The van der Waals surface area contributed by atoms with E-state index >= 15 is 0 Å². The molecular weight excluding hydrogens is 243 g/mol. The van der Waals surface area contributed by atoms with E-state index in [4.69, 9.17) is 15.4 Å². The van der Waals surface area contributed by atoms with Crippen LogP contribution in [0.2, 0.25) is 0 Å². The van der Waals surface area contributed by atoms with E-state index in [9.17, 15) is 12.8 Å². The molecule has 0 fully saturated rings. The van der Waals surface area contributed by atoms with Gasteiger partial charge in [0.15, 0.2) is 0 Å². The highest BCUT2D eigenvalue weighted by Crippen LogP contribution is 2.27. The first-order valence-electron chi connectivity index (χ1n) is 4.09. The summed E-state index contributed by atoms with van der Waals surface area (Å²) in [4.78, 5) is 0. The molecule has 0 aliphatic rings. The van der Waals surface area contributed by atoms with Gasteiger partial charge in [0.1, 0.15) is 11.6 Å². The standard InChI is InChI=1S/C9H10ClFO3S/c1-6-8(11)4-3-7(9(6)14-2)5-15(10,12)13/h3-4H,5H2,1-2H3. The Labute approximate surface area is 92.2 Å². The van der Waals surface area contributed by atoms with Crippen molar-refractivity contribution < 1.29 is 17.5 Å². The molecule has 3 nitrogen and oxygen atoms in total. The van der Waals surface area contributed by atoms with Crippen molar-refractivity contribution >= 4 is 19.7 Å². The molecule has 1 aromatic rings. The fraction of sp³-hybridized carbons (Fsp3) is 0.333. The van der Waals surface area contributed by atoms with Crippen molar-refractivity contribution in [1.82, 2.24) is 0 Å². The van der Waals surface area contributed by atoms with Crippen molar-refractivity contribution in [3.05, 3.63) is 29.1 Å². The van der Waals surface area contributed by atoms with Gasteiger partial charge in [0.25, 0.3) is 0 Å². The molecule has 0 aliphatic heterocycles. The van der Waals surface area contributed by atoms with E-state index in [1.807, 2.05) is 0 Å². The van der Waals surface area contributed by atoms with Crippen molar-refractivity contribution in [3.63, 3.8) is 0 Å². The zero-order valence-corrected chi connectivity index (χ0v) is 9.82. The third-order valence-electron chi connectivity index (χ3n) is 1.95. The third-order valence-corrected chi connectivity index (χ3v) is 2.94. The Morgan fingerprint density at radius 2 is 2.07 bits per heavy atom. The minimum absolute atomic E-state index is 0.222. The lowest BCUT2D eigenvalue weighted by atomic mass is 10.1. The molecule has 0 aromatic heterocycles. The van der Waals surface area contributed by atoms with Crippen LogP contribution in [0.1, 0.15) is 11.1 Å². The smallest absolute Gasteiger partial charge is 0.236 e. The largest absolute Gasteiger partial charge is 0.496 e. The highest BCUT2D eigenvalue weighted by Gasteiger charge is 2.15. The first kappa shape index (κ1) is 12.3. The SMILES string of the molecule is COc1c(CS(=O)(=O)Cl)ccc(F)c1C. The molecule has 1 aromatic carbocycles. The molecule has 0 amide bonds. The van der Waals surface area contributed by atoms with Gasteiger partial charge in [0, 0.05) is 21.8 Å². The van der Waals surface area contributed by atoms with Gasteiger partial charge in [-0.3, -0.25) is 0 Å². The van der Waals surface area contributed by atoms with Crippen LogP contribution in [0.15, 0.2) is 12.1 Å². The zero-order chi connectivity index (χ0) is 11.6. The lowest BCUT2D eigenvalue weighted by Crippen LogP contribution is -2.01. The number of hydrogen-bond donors (Lipinski definition) is 0. The summed E-state index contributed by atoms with van der Waals surface area (Å²) >= 11 is 0. The Kier molecular flexibility index (Phi) is 3.57. The molecule has 0 N–H and O–H groups in total. The second-order valence-corrected chi connectivity index (χ2v) is 5.82. The fourth-order valence-corrected chi connectivity index (χ4v) is 2.26. The van der Waals surface area contributed by atoms with Crippen LogP contribution in [0.3, 0.4) is 0 Å². The number of methoxy groups -OCH3 is 1. The quantitative estimate of drug-likeness (QED) is 0.775. The van der Waals surface area contributed by atoms with Gasteiger partial charge >= 0.3 is 0 Å². The Balaban J connectivity index is 3.25. The number of benzene rings is 1. The summed E-state index contributed by atoms with van der Waals surface area (Å²) in [5, 5.41) is 0. The molecule has 6 heteroatoms. The average Bonchev–Trinajstić information content (AvgIpc) is 2.10. The molecule has 0 bridgehead atoms. The molecule has 0 radical (unpaired) electrons. The average molecular weight is 253 g/mol. The predicted octanol–water partition coefficient (Wildman–Crippen LogP) is 2.21. The summed E-state index contributed by atoms with van der Waals surface area (Å²) in [5.41, 5.74) is 0.627. The van der Waals surface area contributed by atoms with Crippen LogP contribution < -0.4 is 4.74 Å². The van der Waals surface area contributed by atoms with Crippen LogP contribution in [-0.4, -0.2) is 15.5 Å². The maximum atomic E-state index is 13.1. The minimum atomic E-state index is -3.67. The topological polar surface area (TPSA) is 43.4 Å². The number of halogens is 2. The first-order chi connectivity index (χ1) is 6.85. The maximum absolute atomic E-state index is 13.1. The monoisotopic (exact) mass is 252 g/mol. The van der Waals surface area contributed by atoms with E-state index in [1.165, 1.54) is 26.2 Å². The van der Waals surface area contributed by atoms with Crippen molar-refractivity contribution in [1.29, 1.82) is 0 Å². The van der Waals surface area contributed by atoms with Gasteiger partial charge in [-0.2, -0.15) is 0 Å². The Morgan fingerprint density at radius 3 is 2.53 bits per heavy atom. The van der Waals surface area contributed by atoms with Crippen LogP contribution in [0.5, 0.6) is 5.75 Å². The van der Waals surface area contributed by atoms with Gasteiger partial charge in [0.2, 0.25) is 9.05 Å². The van der Waals surface area contributed by atoms with Gasteiger partial charge < -0.3 is 4.74 Å². The molecule has 0 unspecified atom stereocenters. The molecule has 0 saturated carbocycles. The zero-order valence-electron chi connectivity index (χ0n) is 8.25. The Hall–Kier alpha value is -0.810. The Morgan fingerprint density at radius 1 is 1.47 bits per heavy atom. The molecule has 0 atom stereocenters. The summed E-state index contributed by atoms with van der Waals surface area (Å²) < 4.78 is 39.8. The summed E-state index contributed by atoms with van der Waals surface area (Å²) in [7, 11) is 2.80. The number of ether oxygens (including phenoxy) is 1. The van der Waals surface area contributed by atoms with Crippen molar-refractivity contribution in [2.24, 2.45) is 0 Å². The van der Waals surface area contributed by atoms with Crippen LogP contribution in [-0.2, 0) is 14.8 Å². The fourth-order valence-electron chi connectivity index (χ4n) is 1.31. The summed E-state index contributed by atoms with van der Waals surface area (Å²) in [6.45, 7) is 1.51. The first-order valence-corrected chi connectivity index (χ1v) is 6.57. The van der Waals surface area contributed by atoms with Crippen LogP contribution in [0, 0.1) is 12.7 Å². The normalized spacial score (nSPS) is 11.5. The third kappa shape index (κ3) is 3.07. The molecule has 15 heavy (non-hydrogen) atoms. The maximum Gasteiger partial charge on any atom is 0.236 e. The van der Waals surface area contributed by atoms with E-state index in [1.54, 1.807) is 0 Å². The Bertz CT molecular complexity index is 470. The number of rotatable bonds is 3.